The monoisotopic (exact) mass is 576 g/mol. The van der Waals surface area contributed by atoms with Gasteiger partial charge in [-0.2, -0.15) is 0 Å². The molecule has 12 heteroatoms. The number of nitrogens with two attached hydrogens (primary N) is 1. The van der Waals surface area contributed by atoms with Crippen LogP contribution in [-0.4, -0.2) is 39.9 Å². The molecule has 0 saturated carbocycles. The van der Waals surface area contributed by atoms with Crippen molar-refractivity contribution in [2.75, 3.05) is 24.4 Å². The van der Waals surface area contributed by atoms with Crippen molar-refractivity contribution >= 4 is 39.9 Å². The minimum Gasteiger partial charge on any atom is -0.455 e. The maximum atomic E-state index is 13.7. The van der Waals surface area contributed by atoms with Crippen molar-refractivity contribution in [1.29, 1.82) is 0 Å². The number of ether oxygens (including phenoxy) is 1. The second kappa shape index (κ2) is 13.4. The quantitative estimate of drug-likeness (QED) is 0.290. The van der Waals surface area contributed by atoms with Gasteiger partial charge in [-0.1, -0.05) is 24.3 Å². The minimum absolute atomic E-state index is 0. The van der Waals surface area contributed by atoms with Crippen molar-refractivity contribution in [3.63, 3.8) is 0 Å². The number of amides is 2. The van der Waals surface area contributed by atoms with Gasteiger partial charge >= 0.3 is 0 Å². The molecule has 9 nitrogen and oxygen atoms in total. The first-order chi connectivity index (χ1) is 18.2. The Kier molecular flexibility index (Phi) is 10.3. The first-order valence-electron chi connectivity index (χ1n) is 12.2. The molecule has 0 radical (unpaired) electrons. The van der Waals surface area contributed by atoms with E-state index in [4.69, 9.17) is 10.5 Å². The Morgan fingerprint density at radius 1 is 1.00 bits per heavy atom. The molecule has 3 aromatic carbocycles. The van der Waals surface area contributed by atoms with Crippen LogP contribution in [0.5, 0.6) is 11.5 Å². The van der Waals surface area contributed by atoms with Crippen LogP contribution in [0.15, 0.2) is 72.8 Å². The summed E-state index contributed by atoms with van der Waals surface area (Å²) in [4.78, 5) is 24.9. The van der Waals surface area contributed by atoms with Gasteiger partial charge < -0.3 is 21.1 Å². The fourth-order valence-corrected chi connectivity index (χ4v) is 5.67. The predicted molar refractivity (Wildman–Crippen MR) is 149 cm³/mol. The fraction of sp³-hybridized carbons (Fsp3) is 0.259. The van der Waals surface area contributed by atoms with Crippen LogP contribution in [-0.2, 0) is 14.8 Å². The van der Waals surface area contributed by atoms with E-state index in [0.717, 1.165) is 25.9 Å². The van der Waals surface area contributed by atoms with Crippen LogP contribution >= 0.6 is 12.4 Å². The number of anilines is 1. The number of halogens is 2. The summed E-state index contributed by atoms with van der Waals surface area (Å²) in [5.74, 6) is -1.10. The molecule has 0 aliphatic carbocycles. The number of carbonyl (C=O) groups excluding carboxylic acids is 2. The van der Waals surface area contributed by atoms with Gasteiger partial charge in [-0.3, -0.25) is 14.3 Å². The summed E-state index contributed by atoms with van der Waals surface area (Å²) in [5, 5.41) is 4.43. The van der Waals surface area contributed by atoms with Gasteiger partial charge in [0.2, 0.25) is 21.8 Å². The number of hydrogen-bond donors (Lipinski definition) is 4. The van der Waals surface area contributed by atoms with Crippen LogP contribution in [0.2, 0.25) is 0 Å². The molecule has 1 heterocycles. The highest BCUT2D eigenvalue weighted by Crippen LogP contribution is 2.33. The van der Waals surface area contributed by atoms with E-state index in [2.05, 4.69) is 15.4 Å². The van der Waals surface area contributed by atoms with Crippen molar-refractivity contribution in [2.45, 2.75) is 18.1 Å². The van der Waals surface area contributed by atoms with E-state index in [1.807, 2.05) is 0 Å². The molecule has 208 valence electrons. The predicted octanol–water partition coefficient (Wildman–Crippen LogP) is 3.74. The third-order valence-electron chi connectivity index (χ3n) is 6.25. The first-order valence-corrected chi connectivity index (χ1v) is 13.7. The van der Waals surface area contributed by atoms with E-state index in [1.165, 1.54) is 54.6 Å². The summed E-state index contributed by atoms with van der Waals surface area (Å²) >= 11 is 0. The Bertz CT molecular complexity index is 1380. The Hall–Kier alpha value is -3.67. The van der Waals surface area contributed by atoms with Crippen molar-refractivity contribution in [3.8, 4) is 11.5 Å². The lowest BCUT2D eigenvalue weighted by Gasteiger charge is -2.25. The van der Waals surface area contributed by atoms with E-state index in [0.29, 0.717) is 12.3 Å². The molecule has 3 aromatic rings. The molecule has 2 amide bonds. The molecule has 39 heavy (non-hydrogen) atoms. The van der Waals surface area contributed by atoms with Crippen molar-refractivity contribution < 1.29 is 27.1 Å². The summed E-state index contributed by atoms with van der Waals surface area (Å²) in [7, 11) is -4.37. The van der Waals surface area contributed by atoms with E-state index in [-0.39, 0.29) is 40.9 Å². The van der Waals surface area contributed by atoms with Gasteiger partial charge in [0.05, 0.1) is 5.69 Å². The number of primary amides is 1. The molecule has 1 aliphatic rings. The van der Waals surface area contributed by atoms with E-state index >= 15 is 0 Å². The lowest BCUT2D eigenvalue weighted by atomic mass is 9.98. The normalized spacial score (nSPS) is 14.5. The summed E-state index contributed by atoms with van der Waals surface area (Å²) < 4.78 is 48.9. The topological polar surface area (TPSA) is 140 Å². The lowest BCUT2D eigenvalue weighted by Crippen LogP contribution is -2.40. The molecule has 0 spiro atoms. The number of benzene rings is 3. The van der Waals surface area contributed by atoms with Crippen LogP contribution in [0.1, 0.15) is 34.0 Å². The second-order valence-corrected chi connectivity index (χ2v) is 10.8. The maximum absolute atomic E-state index is 13.7. The molecule has 1 saturated heterocycles. The molecule has 1 atom stereocenters. The molecular formula is C27H30ClFN4O5S. The molecule has 1 fully saturated rings. The van der Waals surface area contributed by atoms with Gasteiger partial charge in [0.1, 0.15) is 11.6 Å². The second-order valence-electron chi connectivity index (χ2n) is 9.00. The van der Waals surface area contributed by atoms with Gasteiger partial charge in [-0.05, 0) is 85.9 Å². The van der Waals surface area contributed by atoms with Crippen molar-refractivity contribution in [3.05, 3.63) is 89.7 Å². The number of piperidine rings is 1. The zero-order chi connectivity index (χ0) is 27.1. The highest BCUT2D eigenvalue weighted by atomic mass is 35.5. The van der Waals surface area contributed by atoms with Crippen LogP contribution < -0.4 is 25.8 Å². The maximum Gasteiger partial charge on any atom is 0.249 e. The summed E-state index contributed by atoms with van der Waals surface area (Å²) in [5.41, 5.74) is 5.77. The van der Waals surface area contributed by atoms with Gasteiger partial charge in [0.25, 0.3) is 0 Å². The number of rotatable bonds is 10. The van der Waals surface area contributed by atoms with E-state index in [9.17, 15) is 22.4 Å². The van der Waals surface area contributed by atoms with Crippen LogP contribution in [0.25, 0.3) is 0 Å². The van der Waals surface area contributed by atoms with Crippen LogP contribution in [0, 0.1) is 11.7 Å². The highest BCUT2D eigenvalue weighted by molar-refractivity contribution is 7.93. The average molecular weight is 577 g/mol. The number of sulfonamides is 1. The zero-order valence-electron chi connectivity index (χ0n) is 20.9. The minimum atomic E-state index is -4.37. The van der Waals surface area contributed by atoms with E-state index in [1.54, 1.807) is 18.2 Å². The number of para-hydroxylation sites is 2. The number of nitrogens with one attached hydrogen (secondary N) is 3. The summed E-state index contributed by atoms with van der Waals surface area (Å²) in [6.45, 7) is 2.02. The number of carbonyl (C=O) groups is 2. The van der Waals surface area contributed by atoms with Crippen LogP contribution in [0.3, 0.4) is 0 Å². The molecular weight excluding hydrogens is 547 g/mol. The van der Waals surface area contributed by atoms with E-state index < -0.39 is 32.9 Å². The Morgan fingerprint density at radius 2 is 1.64 bits per heavy atom. The van der Waals surface area contributed by atoms with Crippen LogP contribution in [0.4, 0.5) is 10.1 Å². The third-order valence-corrected chi connectivity index (χ3v) is 7.86. The zero-order valence-corrected chi connectivity index (χ0v) is 22.6. The molecule has 0 aromatic heterocycles. The van der Waals surface area contributed by atoms with Gasteiger partial charge in [-0.25, -0.2) is 12.8 Å². The SMILES string of the molecule is Cl.NC(=O)c1ccc(C(C(=O)NCC2CCNCC2)S(=O)(=O)Nc2ccccc2Oc2ccc(F)cc2)cc1. The molecule has 5 N–H and O–H groups in total. The Morgan fingerprint density at radius 3 is 2.28 bits per heavy atom. The van der Waals surface area contributed by atoms with Gasteiger partial charge in [0, 0.05) is 12.1 Å². The Balaban J connectivity index is 0.00000420. The van der Waals surface area contributed by atoms with Crippen molar-refractivity contribution in [1.82, 2.24) is 10.6 Å². The number of hydrogen-bond acceptors (Lipinski definition) is 6. The smallest absolute Gasteiger partial charge is 0.249 e. The fourth-order valence-electron chi connectivity index (χ4n) is 4.20. The first kappa shape index (κ1) is 29.9. The molecule has 1 aliphatic heterocycles. The summed E-state index contributed by atoms with van der Waals surface area (Å²) in [6.07, 6.45) is 1.74. The Labute approximate surface area is 232 Å². The molecule has 4 rings (SSSR count). The average Bonchev–Trinajstić information content (AvgIpc) is 2.90. The van der Waals surface area contributed by atoms with Gasteiger partial charge in [0.15, 0.2) is 11.0 Å². The summed E-state index contributed by atoms with van der Waals surface area (Å²) in [6, 6.07) is 17.1. The third kappa shape index (κ3) is 7.92. The largest absolute Gasteiger partial charge is 0.455 e. The standard InChI is InChI=1S/C27H29FN4O5S.ClH/c28-21-9-11-22(12-10-21)37-24-4-2-1-3-23(24)32-38(35,36)25(19-5-7-20(8-6-19)26(29)33)27(34)31-17-18-13-15-30-16-14-18;/h1-12,18,25,30,32H,13-17H2,(H2,29,33)(H,31,34);1H. The van der Waals surface area contributed by atoms with Gasteiger partial charge in [-0.15, -0.1) is 12.4 Å². The molecule has 0 bridgehead atoms. The van der Waals surface area contributed by atoms with Crippen molar-refractivity contribution in [2.24, 2.45) is 11.7 Å². The molecule has 1 unspecified atom stereocenters. The lowest BCUT2D eigenvalue weighted by molar-refractivity contribution is -0.121. The highest BCUT2D eigenvalue weighted by Gasteiger charge is 2.35.